The number of carboxylic acid groups (broad SMARTS) is 1. The first-order chi connectivity index (χ1) is 18.5. The molecule has 11 nitrogen and oxygen atoms in total. The van der Waals surface area contributed by atoms with E-state index in [-0.39, 0.29) is 25.9 Å². The van der Waals surface area contributed by atoms with Gasteiger partial charge in [0.1, 0.15) is 6.26 Å². The van der Waals surface area contributed by atoms with Crippen LogP contribution in [-0.2, 0) is 22.6 Å². The van der Waals surface area contributed by atoms with Gasteiger partial charge in [0.15, 0.2) is 17.4 Å². The maximum Gasteiger partial charge on any atom is 0.308 e. The van der Waals surface area contributed by atoms with Crippen molar-refractivity contribution in [3.63, 3.8) is 0 Å². The molecule has 0 saturated carbocycles. The van der Waals surface area contributed by atoms with Gasteiger partial charge >= 0.3 is 5.97 Å². The maximum atomic E-state index is 13.5. The molecule has 3 atom stereocenters. The second-order valence-corrected chi connectivity index (χ2v) is 9.88. The summed E-state index contributed by atoms with van der Waals surface area (Å²) in [6.45, 7) is 4.10. The number of carbonyl (C=O) groups is 2. The van der Waals surface area contributed by atoms with Gasteiger partial charge in [-0.05, 0) is 43.5 Å². The van der Waals surface area contributed by atoms with Crippen LogP contribution in [0.4, 0.5) is 0 Å². The summed E-state index contributed by atoms with van der Waals surface area (Å²) in [5.74, 6) is -0.645. The number of hydrogen-bond acceptors (Lipinski definition) is 9. The number of rotatable bonds is 14. The van der Waals surface area contributed by atoms with Gasteiger partial charge in [-0.25, -0.2) is 4.98 Å². The van der Waals surface area contributed by atoms with E-state index in [1.165, 1.54) is 6.26 Å². The number of amides is 1. The van der Waals surface area contributed by atoms with E-state index in [1.54, 1.807) is 18.3 Å². The van der Waals surface area contributed by atoms with Crippen molar-refractivity contribution in [3.8, 4) is 11.5 Å². The number of benzene rings is 1. The molecule has 0 radical (unpaired) electrons. The molecule has 2 aromatic rings. The molecule has 11 heteroatoms. The summed E-state index contributed by atoms with van der Waals surface area (Å²) in [6.07, 6.45) is 6.56. The van der Waals surface area contributed by atoms with Crippen LogP contribution in [0.2, 0.25) is 0 Å². The lowest BCUT2D eigenvalue weighted by atomic mass is 9.83. The summed E-state index contributed by atoms with van der Waals surface area (Å²) in [6, 6.07) is 3.17. The summed E-state index contributed by atoms with van der Waals surface area (Å²) in [4.78, 5) is 34.2. The number of fused-ring (bicyclic) bond motifs is 1. The molecule has 4 N–H and O–H groups in total. The highest BCUT2D eigenvalue weighted by Crippen LogP contribution is 2.44. The minimum atomic E-state index is -0.934. The van der Waals surface area contributed by atoms with Crippen molar-refractivity contribution >= 4 is 11.9 Å². The van der Waals surface area contributed by atoms with Crippen molar-refractivity contribution < 1.29 is 33.7 Å². The van der Waals surface area contributed by atoms with Gasteiger partial charge in [-0.2, -0.15) is 0 Å². The molecule has 0 unspecified atom stereocenters. The number of aromatic nitrogens is 1. The molecule has 0 aliphatic carbocycles. The average molecular weight is 531 g/mol. The number of nitrogens with zero attached hydrogens (tertiary/aromatic N) is 3. The number of carboxylic acids is 1. The Labute approximate surface area is 222 Å². The van der Waals surface area contributed by atoms with E-state index >= 15 is 0 Å². The highest BCUT2D eigenvalue weighted by atomic mass is 16.7. The van der Waals surface area contributed by atoms with Crippen molar-refractivity contribution in [2.75, 3.05) is 39.5 Å². The predicted molar refractivity (Wildman–Crippen MR) is 138 cm³/mol. The van der Waals surface area contributed by atoms with E-state index in [9.17, 15) is 19.8 Å². The van der Waals surface area contributed by atoms with Crippen LogP contribution in [0.3, 0.4) is 0 Å². The third-order valence-corrected chi connectivity index (χ3v) is 7.45. The van der Waals surface area contributed by atoms with Crippen LogP contribution in [-0.4, -0.2) is 82.4 Å². The lowest BCUT2D eigenvalue weighted by Crippen LogP contribution is -2.45. The SMILES string of the molecule is CCCCN(CCCN)C(=O)CN1C[C@H](c2cc(CO)c3c(c2)OCO3)[C@@H](C(=O)O)[C@@H]1CCc1ncco1. The third kappa shape index (κ3) is 6.28. The molecule has 208 valence electrons. The van der Waals surface area contributed by atoms with Crippen molar-refractivity contribution in [1.29, 1.82) is 0 Å². The van der Waals surface area contributed by atoms with Crippen molar-refractivity contribution in [3.05, 3.63) is 41.6 Å². The van der Waals surface area contributed by atoms with E-state index < -0.39 is 23.8 Å². The number of aliphatic hydroxyl groups excluding tert-OH is 1. The lowest BCUT2D eigenvalue weighted by molar-refractivity contribution is -0.143. The van der Waals surface area contributed by atoms with Gasteiger partial charge in [0.05, 0.1) is 25.3 Å². The van der Waals surface area contributed by atoms with E-state index in [2.05, 4.69) is 11.9 Å². The Morgan fingerprint density at radius 1 is 1.24 bits per heavy atom. The molecular weight excluding hydrogens is 492 g/mol. The molecule has 1 aromatic carbocycles. The number of unbranched alkanes of at least 4 members (excludes halogenated alkanes) is 1. The quantitative estimate of drug-likeness (QED) is 0.331. The Balaban J connectivity index is 1.62. The van der Waals surface area contributed by atoms with Crippen molar-refractivity contribution in [2.24, 2.45) is 11.7 Å². The summed E-state index contributed by atoms with van der Waals surface area (Å²) >= 11 is 0. The van der Waals surface area contributed by atoms with Gasteiger partial charge in [-0.1, -0.05) is 13.3 Å². The monoisotopic (exact) mass is 530 g/mol. The number of oxazole rings is 1. The van der Waals surface area contributed by atoms with Crippen LogP contribution in [0.1, 0.15) is 55.5 Å². The van der Waals surface area contributed by atoms with Crippen LogP contribution in [0, 0.1) is 5.92 Å². The van der Waals surface area contributed by atoms with Crippen LogP contribution < -0.4 is 15.2 Å². The summed E-state index contributed by atoms with van der Waals surface area (Å²) in [7, 11) is 0. The molecule has 2 aliphatic heterocycles. The number of aliphatic hydroxyl groups is 1. The number of aryl methyl sites for hydroxylation is 1. The molecule has 2 aliphatic rings. The molecular formula is C27H38N4O7. The Kier molecular flexibility index (Phi) is 9.59. The number of nitrogens with two attached hydrogens (primary N) is 1. The Bertz CT molecular complexity index is 1070. The number of carbonyl (C=O) groups excluding carboxylic acids is 1. The topological polar surface area (TPSA) is 152 Å². The first-order valence-electron chi connectivity index (χ1n) is 13.3. The van der Waals surface area contributed by atoms with Crippen LogP contribution in [0.25, 0.3) is 0 Å². The smallest absolute Gasteiger partial charge is 0.308 e. The molecule has 0 spiro atoms. The van der Waals surface area contributed by atoms with Gasteiger partial charge < -0.3 is 34.7 Å². The number of aliphatic carboxylic acids is 1. The number of likely N-dealkylation sites (tertiary alicyclic amines) is 1. The summed E-state index contributed by atoms with van der Waals surface area (Å²) in [5, 5.41) is 20.3. The predicted octanol–water partition coefficient (Wildman–Crippen LogP) is 1.97. The van der Waals surface area contributed by atoms with Crippen molar-refractivity contribution in [2.45, 2.75) is 57.6 Å². The molecule has 38 heavy (non-hydrogen) atoms. The van der Waals surface area contributed by atoms with Gasteiger partial charge in [0, 0.05) is 43.6 Å². The zero-order valence-corrected chi connectivity index (χ0v) is 21.9. The highest BCUT2D eigenvalue weighted by molar-refractivity contribution is 5.79. The molecule has 1 amide bonds. The first-order valence-corrected chi connectivity index (χ1v) is 13.3. The van der Waals surface area contributed by atoms with Crippen LogP contribution >= 0.6 is 0 Å². The minimum absolute atomic E-state index is 0.0282. The fourth-order valence-corrected chi connectivity index (χ4v) is 5.54. The van der Waals surface area contributed by atoms with E-state index in [1.807, 2.05) is 9.80 Å². The summed E-state index contributed by atoms with van der Waals surface area (Å²) in [5.41, 5.74) is 7.00. The normalized spacial score (nSPS) is 20.7. The standard InChI is InChI=1S/C27H38N4O7/c1-2-3-9-30(10-4-7-28)24(33)15-31-14-20(18-12-19(16-32)26-22(13-18)37-17-38-26)25(27(34)35)21(31)5-6-23-29-8-11-36-23/h8,11-13,20-21,25,32H,2-7,9-10,14-17,28H2,1H3,(H,34,35)/t20-,21+,25-/m1/s1. The fraction of sp³-hybridized carbons (Fsp3) is 0.593. The Morgan fingerprint density at radius 2 is 2.05 bits per heavy atom. The molecule has 1 fully saturated rings. The summed E-state index contributed by atoms with van der Waals surface area (Å²) < 4.78 is 16.5. The fourth-order valence-electron chi connectivity index (χ4n) is 5.54. The van der Waals surface area contributed by atoms with Gasteiger partial charge in [0.25, 0.3) is 0 Å². The van der Waals surface area contributed by atoms with E-state index in [0.29, 0.717) is 68.4 Å². The van der Waals surface area contributed by atoms with Crippen LogP contribution in [0.5, 0.6) is 11.5 Å². The zero-order chi connectivity index (χ0) is 27.1. The molecule has 4 rings (SSSR count). The maximum absolute atomic E-state index is 13.5. The zero-order valence-electron chi connectivity index (χ0n) is 21.9. The average Bonchev–Trinajstić information content (AvgIpc) is 3.67. The molecule has 1 aromatic heterocycles. The van der Waals surface area contributed by atoms with Gasteiger partial charge in [-0.3, -0.25) is 14.5 Å². The lowest BCUT2D eigenvalue weighted by Gasteiger charge is -2.29. The molecule has 3 heterocycles. The third-order valence-electron chi connectivity index (χ3n) is 7.45. The second-order valence-electron chi connectivity index (χ2n) is 9.88. The molecule has 1 saturated heterocycles. The number of hydrogen-bond donors (Lipinski definition) is 3. The van der Waals surface area contributed by atoms with Gasteiger partial charge in [-0.15, -0.1) is 0 Å². The second kappa shape index (κ2) is 13.1. The van der Waals surface area contributed by atoms with Crippen molar-refractivity contribution in [1.82, 2.24) is 14.8 Å². The highest BCUT2D eigenvalue weighted by Gasteiger charge is 2.47. The number of ether oxygens (including phenoxy) is 2. The first kappa shape index (κ1) is 27.9. The van der Waals surface area contributed by atoms with E-state index in [0.717, 1.165) is 18.4 Å². The Morgan fingerprint density at radius 3 is 2.74 bits per heavy atom. The minimum Gasteiger partial charge on any atom is -0.481 e. The van der Waals surface area contributed by atoms with Crippen LogP contribution in [0.15, 0.2) is 29.0 Å². The largest absolute Gasteiger partial charge is 0.481 e. The Hall–Kier alpha value is -3.15. The molecule has 0 bridgehead atoms. The van der Waals surface area contributed by atoms with E-state index in [4.69, 9.17) is 19.6 Å². The van der Waals surface area contributed by atoms with Gasteiger partial charge in [0.2, 0.25) is 12.7 Å².